The SMILES string of the molecule is COc1nn(C2CCN(C)CC2)cc1-c1cnc2c(c1)c(-c1cccc(F)c1)c(Cl)n2S(=O)(=O)c1ccc(C)cc1. The maximum Gasteiger partial charge on any atom is 0.270 e. The highest BCUT2D eigenvalue weighted by atomic mass is 35.5. The van der Waals surface area contributed by atoms with Crippen molar-refractivity contribution in [2.75, 3.05) is 27.2 Å². The van der Waals surface area contributed by atoms with E-state index in [1.807, 2.05) is 23.9 Å². The largest absolute Gasteiger partial charge is 0.479 e. The van der Waals surface area contributed by atoms with Gasteiger partial charge in [-0.25, -0.2) is 21.8 Å². The van der Waals surface area contributed by atoms with Crippen molar-refractivity contribution >= 4 is 32.7 Å². The number of aryl methyl sites for hydroxylation is 1. The fraction of sp³-hybridized carbons (Fsp3) is 0.267. The minimum atomic E-state index is -4.13. The Balaban J connectivity index is 1.55. The smallest absolute Gasteiger partial charge is 0.270 e. The predicted octanol–water partition coefficient (Wildman–Crippen LogP) is 6.18. The molecule has 1 aliphatic heterocycles. The van der Waals surface area contributed by atoms with E-state index in [-0.39, 0.29) is 21.7 Å². The van der Waals surface area contributed by atoms with Crippen LogP contribution < -0.4 is 4.74 Å². The Morgan fingerprint density at radius 3 is 2.46 bits per heavy atom. The summed E-state index contributed by atoms with van der Waals surface area (Å²) in [6.45, 7) is 3.84. The van der Waals surface area contributed by atoms with Crippen LogP contribution in [0.4, 0.5) is 4.39 Å². The maximum atomic E-state index is 14.4. The quantitative estimate of drug-likeness (QED) is 0.234. The highest BCUT2D eigenvalue weighted by molar-refractivity contribution is 7.90. The number of ether oxygens (including phenoxy) is 1. The van der Waals surface area contributed by atoms with Gasteiger partial charge in [0.1, 0.15) is 11.0 Å². The molecular weight excluding hydrogens is 565 g/mol. The van der Waals surface area contributed by atoms with Crippen molar-refractivity contribution in [3.8, 4) is 28.1 Å². The summed E-state index contributed by atoms with van der Waals surface area (Å²) in [6.07, 6.45) is 5.48. The Kier molecular flexibility index (Phi) is 7.09. The first-order valence-corrected chi connectivity index (χ1v) is 15.1. The van der Waals surface area contributed by atoms with E-state index in [0.717, 1.165) is 41.0 Å². The summed E-state index contributed by atoms with van der Waals surface area (Å²) in [7, 11) is -0.456. The van der Waals surface area contributed by atoms with Crippen molar-refractivity contribution in [2.45, 2.75) is 30.7 Å². The molecular formula is C30H29ClFN5O3S. The lowest BCUT2D eigenvalue weighted by Gasteiger charge is -2.28. The lowest BCUT2D eigenvalue weighted by atomic mass is 10.0. The molecule has 41 heavy (non-hydrogen) atoms. The molecule has 11 heteroatoms. The van der Waals surface area contributed by atoms with E-state index in [0.29, 0.717) is 28.0 Å². The fourth-order valence-electron chi connectivity index (χ4n) is 5.38. The number of hydrogen-bond donors (Lipinski definition) is 0. The summed E-state index contributed by atoms with van der Waals surface area (Å²) >= 11 is 6.86. The van der Waals surface area contributed by atoms with Crippen LogP contribution in [0.2, 0.25) is 5.15 Å². The van der Waals surface area contributed by atoms with Gasteiger partial charge in [0.2, 0.25) is 5.88 Å². The van der Waals surface area contributed by atoms with Gasteiger partial charge in [-0.15, -0.1) is 5.10 Å². The van der Waals surface area contributed by atoms with Crippen molar-refractivity contribution in [1.29, 1.82) is 0 Å². The molecule has 0 unspecified atom stereocenters. The summed E-state index contributed by atoms with van der Waals surface area (Å²) in [5.41, 5.74) is 3.26. The van der Waals surface area contributed by atoms with Gasteiger partial charge in [-0.1, -0.05) is 41.4 Å². The second kappa shape index (κ2) is 10.6. The van der Waals surface area contributed by atoms with Crippen LogP contribution in [0.25, 0.3) is 33.3 Å². The second-order valence-electron chi connectivity index (χ2n) is 10.4. The Hall–Kier alpha value is -3.73. The van der Waals surface area contributed by atoms with Crippen LogP contribution >= 0.6 is 11.6 Å². The van der Waals surface area contributed by atoms with Gasteiger partial charge in [0.05, 0.1) is 23.6 Å². The number of aromatic nitrogens is 4. The van der Waals surface area contributed by atoms with E-state index in [4.69, 9.17) is 21.4 Å². The average molecular weight is 594 g/mol. The summed E-state index contributed by atoms with van der Waals surface area (Å²) in [6, 6.07) is 14.5. The molecule has 4 heterocycles. The third-order valence-corrected chi connectivity index (χ3v) is 9.81. The topological polar surface area (TPSA) is 82.2 Å². The van der Waals surface area contributed by atoms with Gasteiger partial charge in [-0.05, 0) is 75.8 Å². The molecule has 0 spiro atoms. The van der Waals surface area contributed by atoms with Crippen molar-refractivity contribution < 1.29 is 17.5 Å². The number of nitrogens with zero attached hydrogens (tertiary/aromatic N) is 5. The maximum absolute atomic E-state index is 14.4. The van der Waals surface area contributed by atoms with Crippen LogP contribution in [0.1, 0.15) is 24.4 Å². The minimum Gasteiger partial charge on any atom is -0.479 e. The summed E-state index contributed by atoms with van der Waals surface area (Å²) in [4.78, 5) is 6.97. The van der Waals surface area contributed by atoms with Crippen LogP contribution in [0.15, 0.2) is 71.9 Å². The molecule has 1 fully saturated rings. The van der Waals surface area contributed by atoms with Crippen LogP contribution in [0.5, 0.6) is 5.88 Å². The number of benzene rings is 2. The molecule has 0 radical (unpaired) electrons. The molecule has 0 aliphatic carbocycles. The van der Waals surface area contributed by atoms with Crippen molar-refractivity contribution in [3.63, 3.8) is 0 Å². The first-order valence-electron chi connectivity index (χ1n) is 13.3. The zero-order valence-corrected chi connectivity index (χ0v) is 24.5. The van der Waals surface area contributed by atoms with Gasteiger partial charge in [-0.3, -0.25) is 4.68 Å². The van der Waals surface area contributed by atoms with Crippen LogP contribution in [-0.4, -0.2) is 59.3 Å². The van der Waals surface area contributed by atoms with Gasteiger partial charge < -0.3 is 9.64 Å². The number of methoxy groups -OCH3 is 1. The monoisotopic (exact) mass is 593 g/mol. The molecule has 1 saturated heterocycles. The van der Waals surface area contributed by atoms with E-state index < -0.39 is 15.8 Å². The van der Waals surface area contributed by atoms with Crippen molar-refractivity contribution in [3.05, 3.63) is 83.5 Å². The molecule has 5 aromatic rings. The molecule has 212 valence electrons. The normalized spacial score (nSPS) is 15.0. The second-order valence-corrected chi connectivity index (χ2v) is 12.6. The lowest BCUT2D eigenvalue weighted by molar-refractivity contribution is 0.210. The van der Waals surface area contributed by atoms with Gasteiger partial charge in [-0.2, -0.15) is 0 Å². The Bertz CT molecular complexity index is 1860. The standard InChI is InChI=1S/C30H29ClFN5O3S/c1-19-7-9-24(10-8-19)41(38,39)37-28(31)27(20-5-4-6-22(32)15-20)25-16-21(17-33-29(25)37)26-18-36(34-30(26)40-3)23-11-13-35(2)14-12-23/h4-10,15-18,23H,11-14H2,1-3H3. The Morgan fingerprint density at radius 1 is 1.05 bits per heavy atom. The number of rotatable bonds is 6. The van der Waals surface area contributed by atoms with Gasteiger partial charge in [0.25, 0.3) is 10.0 Å². The van der Waals surface area contributed by atoms with Crippen molar-refractivity contribution in [2.24, 2.45) is 0 Å². The number of pyridine rings is 1. The Morgan fingerprint density at radius 2 is 1.78 bits per heavy atom. The van der Waals surface area contributed by atoms with Crippen LogP contribution in [-0.2, 0) is 10.0 Å². The molecule has 0 bridgehead atoms. The number of likely N-dealkylation sites (tertiary alicyclic amines) is 1. The minimum absolute atomic E-state index is 0.0691. The molecule has 6 rings (SSSR count). The molecule has 8 nitrogen and oxygen atoms in total. The first-order chi connectivity index (χ1) is 19.7. The predicted molar refractivity (Wildman–Crippen MR) is 157 cm³/mol. The molecule has 1 aliphatic rings. The third-order valence-electron chi connectivity index (χ3n) is 7.65. The highest BCUT2D eigenvalue weighted by Gasteiger charge is 2.29. The molecule has 2 aromatic carbocycles. The van der Waals surface area contributed by atoms with E-state index in [1.165, 1.54) is 24.3 Å². The molecule has 0 saturated carbocycles. The molecule has 3 aromatic heterocycles. The molecule has 0 amide bonds. The number of halogens is 2. The highest BCUT2D eigenvalue weighted by Crippen LogP contribution is 2.42. The van der Waals surface area contributed by atoms with Crippen molar-refractivity contribution in [1.82, 2.24) is 23.6 Å². The summed E-state index contributed by atoms with van der Waals surface area (Å²) in [5.74, 6) is -0.0266. The van der Waals surface area contributed by atoms with E-state index >= 15 is 0 Å². The zero-order chi connectivity index (χ0) is 28.9. The Labute approximate surface area is 243 Å². The summed E-state index contributed by atoms with van der Waals surface area (Å²) in [5, 5.41) is 5.09. The van der Waals surface area contributed by atoms with Crippen LogP contribution in [0, 0.1) is 12.7 Å². The van der Waals surface area contributed by atoms with E-state index in [2.05, 4.69) is 16.9 Å². The molecule has 0 N–H and O–H groups in total. The van der Waals surface area contributed by atoms with E-state index in [1.54, 1.807) is 37.6 Å². The molecule has 0 atom stereocenters. The average Bonchev–Trinajstić information content (AvgIpc) is 3.52. The van der Waals surface area contributed by atoms with Crippen LogP contribution in [0.3, 0.4) is 0 Å². The van der Waals surface area contributed by atoms with Gasteiger partial charge in [0, 0.05) is 28.9 Å². The summed E-state index contributed by atoms with van der Waals surface area (Å²) < 4.78 is 50.7. The number of piperidine rings is 1. The number of hydrogen-bond acceptors (Lipinski definition) is 6. The van der Waals surface area contributed by atoms with Gasteiger partial charge in [0.15, 0.2) is 5.65 Å². The number of fused-ring (bicyclic) bond motifs is 1. The fourth-order valence-corrected chi connectivity index (χ4v) is 7.31. The third kappa shape index (κ3) is 4.90. The lowest BCUT2D eigenvalue weighted by Crippen LogP contribution is -2.31. The zero-order valence-electron chi connectivity index (χ0n) is 22.9. The van der Waals surface area contributed by atoms with Gasteiger partial charge >= 0.3 is 0 Å². The van der Waals surface area contributed by atoms with E-state index in [9.17, 15) is 12.8 Å². The first kappa shape index (κ1) is 27.4.